The summed E-state index contributed by atoms with van der Waals surface area (Å²) in [5.41, 5.74) is 3.83. The van der Waals surface area contributed by atoms with Crippen molar-refractivity contribution in [3.63, 3.8) is 0 Å². The number of hydrogen-bond acceptors (Lipinski definition) is 3. The van der Waals surface area contributed by atoms with Crippen LogP contribution in [-0.2, 0) is 17.9 Å². The summed E-state index contributed by atoms with van der Waals surface area (Å²) >= 11 is 0. The van der Waals surface area contributed by atoms with Gasteiger partial charge in [-0.3, -0.25) is 4.98 Å². The predicted molar refractivity (Wildman–Crippen MR) is 69.9 cm³/mol. The van der Waals surface area contributed by atoms with Crippen LogP contribution in [0.3, 0.4) is 0 Å². The minimum Gasteiger partial charge on any atom is -0.375 e. The van der Waals surface area contributed by atoms with Gasteiger partial charge in [-0.2, -0.15) is 0 Å². The Kier molecular flexibility index (Phi) is 3.35. The fourth-order valence-corrected chi connectivity index (χ4v) is 2.29. The topological polar surface area (TPSA) is 34.2 Å². The van der Waals surface area contributed by atoms with Crippen molar-refractivity contribution in [2.75, 3.05) is 6.61 Å². The lowest BCUT2D eigenvalue weighted by Gasteiger charge is -2.26. The maximum atomic E-state index is 5.62. The Balaban J connectivity index is 1.71. The zero-order valence-corrected chi connectivity index (χ0v) is 10.2. The Morgan fingerprint density at radius 1 is 1.22 bits per heavy atom. The van der Waals surface area contributed by atoms with Gasteiger partial charge in [-0.1, -0.05) is 30.3 Å². The van der Waals surface area contributed by atoms with Crippen LogP contribution in [0.4, 0.5) is 0 Å². The van der Waals surface area contributed by atoms with Crippen LogP contribution >= 0.6 is 0 Å². The van der Waals surface area contributed by atoms with Gasteiger partial charge in [0.15, 0.2) is 0 Å². The molecule has 0 aliphatic carbocycles. The Labute approximate surface area is 107 Å². The van der Waals surface area contributed by atoms with E-state index in [-0.39, 0.29) is 6.04 Å². The predicted octanol–water partition coefficient (Wildman–Crippen LogP) is 2.44. The fraction of sp³-hybridized carbons (Fsp3) is 0.267. The summed E-state index contributed by atoms with van der Waals surface area (Å²) in [6.45, 7) is 2.27. The van der Waals surface area contributed by atoms with Crippen LogP contribution in [0.15, 0.2) is 48.8 Å². The number of aromatic nitrogens is 1. The molecule has 3 heteroatoms. The number of hydrogen-bond donors (Lipinski definition) is 1. The number of benzene rings is 1. The Hall–Kier alpha value is -1.71. The van der Waals surface area contributed by atoms with Crippen molar-refractivity contribution in [3.05, 3.63) is 65.5 Å². The highest BCUT2D eigenvalue weighted by atomic mass is 16.5. The third-order valence-corrected chi connectivity index (χ3v) is 3.25. The van der Waals surface area contributed by atoms with Crippen LogP contribution < -0.4 is 5.32 Å². The van der Waals surface area contributed by atoms with Crippen LogP contribution in [0.25, 0.3) is 0 Å². The second-order valence-electron chi connectivity index (χ2n) is 4.51. The van der Waals surface area contributed by atoms with E-state index in [1.807, 2.05) is 12.3 Å². The van der Waals surface area contributed by atoms with E-state index < -0.39 is 0 Å². The number of pyridine rings is 1. The molecule has 3 nitrogen and oxygen atoms in total. The summed E-state index contributed by atoms with van der Waals surface area (Å²) in [5, 5.41) is 3.53. The second-order valence-corrected chi connectivity index (χ2v) is 4.51. The lowest BCUT2D eigenvalue weighted by atomic mass is 9.99. The second kappa shape index (κ2) is 5.29. The molecule has 1 aliphatic heterocycles. The van der Waals surface area contributed by atoms with Gasteiger partial charge in [0.2, 0.25) is 0 Å². The van der Waals surface area contributed by atoms with E-state index in [0.29, 0.717) is 0 Å². The van der Waals surface area contributed by atoms with Gasteiger partial charge in [0.25, 0.3) is 0 Å². The average molecular weight is 240 g/mol. The van der Waals surface area contributed by atoms with E-state index in [1.54, 1.807) is 6.20 Å². The number of fused-ring (bicyclic) bond motifs is 1. The standard InChI is InChI=1S/C15H16N2O/c1-2-6-14-13(5-1)10-18-11-15(14)17-9-12-4-3-7-16-8-12/h1-8,15,17H,9-11H2. The van der Waals surface area contributed by atoms with Crippen LogP contribution in [-0.4, -0.2) is 11.6 Å². The maximum Gasteiger partial charge on any atom is 0.0721 e. The summed E-state index contributed by atoms with van der Waals surface area (Å²) in [4.78, 5) is 4.12. The van der Waals surface area contributed by atoms with E-state index in [0.717, 1.165) is 19.8 Å². The number of rotatable bonds is 3. The molecule has 0 bridgehead atoms. The Bertz CT molecular complexity index is 513. The highest BCUT2D eigenvalue weighted by molar-refractivity contribution is 5.31. The average Bonchev–Trinajstić information content (AvgIpc) is 2.46. The fourth-order valence-electron chi connectivity index (χ4n) is 2.29. The van der Waals surface area contributed by atoms with E-state index >= 15 is 0 Å². The molecule has 1 aromatic heterocycles. The highest BCUT2D eigenvalue weighted by Crippen LogP contribution is 2.24. The first-order valence-electron chi connectivity index (χ1n) is 6.21. The molecule has 1 aliphatic rings. The SMILES string of the molecule is c1cncc(CNC2COCc3ccccc32)c1. The van der Waals surface area contributed by atoms with E-state index in [9.17, 15) is 0 Å². The Morgan fingerprint density at radius 2 is 2.17 bits per heavy atom. The first-order chi connectivity index (χ1) is 8.93. The third-order valence-electron chi connectivity index (χ3n) is 3.25. The van der Waals surface area contributed by atoms with Gasteiger partial charge in [0.05, 0.1) is 19.3 Å². The van der Waals surface area contributed by atoms with E-state index in [4.69, 9.17) is 4.74 Å². The molecule has 18 heavy (non-hydrogen) atoms. The summed E-state index contributed by atoms with van der Waals surface area (Å²) in [7, 11) is 0. The van der Waals surface area contributed by atoms with Gasteiger partial charge in [0.1, 0.15) is 0 Å². The van der Waals surface area contributed by atoms with Gasteiger partial charge in [-0.25, -0.2) is 0 Å². The lowest BCUT2D eigenvalue weighted by molar-refractivity contribution is 0.0817. The summed E-state index contributed by atoms with van der Waals surface area (Å²) < 4.78 is 5.62. The molecule has 0 radical (unpaired) electrons. The van der Waals surface area contributed by atoms with Crippen LogP contribution in [0, 0.1) is 0 Å². The molecule has 1 unspecified atom stereocenters. The smallest absolute Gasteiger partial charge is 0.0721 e. The minimum absolute atomic E-state index is 0.273. The van der Waals surface area contributed by atoms with Gasteiger partial charge >= 0.3 is 0 Å². The molecule has 2 aromatic rings. The molecule has 92 valence electrons. The lowest BCUT2D eigenvalue weighted by Crippen LogP contribution is -2.29. The molecule has 0 saturated heterocycles. The Morgan fingerprint density at radius 3 is 3.06 bits per heavy atom. The summed E-state index contributed by atoms with van der Waals surface area (Å²) in [6, 6.07) is 12.8. The van der Waals surface area contributed by atoms with Crippen LogP contribution in [0.5, 0.6) is 0 Å². The number of nitrogens with zero attached hydrogens (tertiary/aromatic N) is 1. The molecule has 0 amide bonds. The first kappa shape index (κ1) is 11.4. The van der Waals surface area contributed by atoms with Crippen molar-refractivity contribution in [2.45, 2.75) is 19.2 Å². The quantitative estimate of drug-likeness (QED) is 0.894. The molecule has 0 saturated carbocycles. The highest BCUT2D eigenvalue weighted by Gasteiger charge is 2.19. The summed E-state index contributed by atoms with van der Waals surface area (Å²) in [5.74, 6) is 0. The molecule has 1 aromatic carbocycles. The molecule has 1 N–H and O–H groups in total. The van der Waals surface area contributed by atoms with E-state index in [2.05, 4.69) is 40.6 Å². The van der Waals surface area contributed by atoms with E-state index in [1.165, 1.54) is 16.7 Å². The largest absolute Gasteiger partial charge is 0.375 e. The van der Waals surface area contributed by atoms with Gasteiger partial charge in [-0.05, 0) is 22.8 Å². The molecular formula is C15H16N2O. The zero-order chi connectivity index (χ0) is 12.2. The number of ether oxygens (including phenoxy) is 1. The van der Waals surface area contributed by atoms with Crippen molar-refractivity contribution < 1.29 is 4.74 Å². The van der Waals surface area contributed by atoms with Crippen molar-refractivity contribution in [1.29, 1.82) is 0 Å². The molecule has 3 rings (SSSR count). The third kappa shape index (κ3) is 2.42. The van der Waals surface area contributed by atoms with Crippen molar-refractivity contribution in [1.82, 2.24) is 10.3 Å². The molecule has 1 atom stereocenters. The zero-order valence-electron chi connectivity index (χ0n) is 10.2. The normalized spacial score (nSPS) is 18.3. The molecular weight excluding hydrogens is 224 g/mol. The number of nitrogens with one attached hydrogen (secondary N) is 1. The van der Waals surface area contributed by atoms with Crippen molar-refractivity contribution in [3.8, 4) is 0 Å². The van der Waals surface area contributed by atoms with Gasteiger partial charge in [-0.15, -0.1) is 0 Å². The summed E-state index contributed by atoms with van der Waals surface area (Å²) in [6.07, 6.45) is 3.69. The van der Waals surface area contributed by atoms with Gasteiger partial charge in [0, 0.05) is 18.9 Å². The monoisotopic (exact) mass is 240 g/mol. The first-order valence-corrected chi connectivity index (χ1v) is 6.21. The van der Waals surface area contributed by atoms with Crippen LogP contribution in [0.2, 0.25) is 0 Å². The molecule has 0 spiro atoms. The van der Waals surface area contributed by atoms with Crippen LogP contribution in [0.1, 0.15) is 22.7 Å². The molecule has 2 heterocycles. The van der Waals surface area contributed by atoms with Crippen molar-refractivity contribution >= 4 is 0 Å². The van der Waals surface area contributed by atoms with Crippen molar-refractivity contribution in [2.24, 2.45) is 0 Å². The maximum absolute atomic E-state index is 5.62. The minimum atomic E-state index is 0.273. The van der Waals surface area contributed by atoms with Gasteiger partial charge < -0.3 is 10.1 Å². The molecule has 0 fully saturated rings.